The standard InChI is InChI=1S/C26H32N2O3S/c1-17(2)23(29)28-13-14-32-26(28)21-15-20(31-6)11-12-22(21)27(24(26)30)16-18-7-9-19(10-8-18)25(3,4)5/h7-12,15,17H,13-14,16H2,1-6H3/t26-/m1/s1. The highest BCUT2D eigenvalue weighted by atomic mass is 32.2. The van der Waals surface area contributed by atoms with Crippen LogP contribution in [-0.2, 0) is 26.4 Å². The molecule has 1 spiro atoms. The summed E-state index contributed by atoms with van der Waals surface area (Å²) >= 11 is 1.55. The number of hydrogen-bond donors (Lipinski definition) is 0. The van der Waals surface area contributed by atoms with E-state index in [2.05, 4.69) is 45.0 Å². The lowest BCUT2D eigenvalue weighted by molar-refractivity contribution is -0.142. The van der Waals surface area contributed by atoms with E-state index in [9.17, 15) is 9.59 Å². The predicted molar refractivity (Wildman–Crippen MR) is 130 cm³/mol. The lowest BCUT2D eigenvalue weighted by Crippen LogP contribution is -2.51. The van der Waals surface area contributed by atoms with E-state index in [1.54, 1.807) is 23.8 Å². The molecule has 0 unspecified atom stereocenters. The van der Waals surface area contributed by atoms with Crippen LogP contribution in [0.2, 0.25) is 0 Å². The fourth-order valence-corrected chi connectivity index (χ4v) is 5.96. The van der Waals surface area contributed by atoms with Crippen molar-refractivity contribution in [2.45, 2.75) is 51.4 Å². The van der Waals surface area contributed by atoms with Crippen molar-refractivity contribution in [3.05, 3.63) is 59.2 Å². The molecular formula is C26H32N2O3S. The highest BCUT2D eigenvalue weighted by molar-refractivity contribution is 8.01. The van der Waals surface area contributed by atoms with Crippen LogP contribution in [0.4, 0.5) is 5.69 Å². The fourth-order valence-electron chi connectivity index (χ4n) is 4.50. The van der Waals surface area contributed by atoms with Gasteiger partial charge < -0.3 is 14.5 Å². The van der Waals surface area contributed by atoms with E-state index < -0.39 is 4.87 Å². The van der Waals surface area contributed by atoms with Gasteiger partial charge in [-0.1, -0.05) is 58.9 Å². The number of hydrogen-bond acceptors (Lipinski definition) is 4. The zero-order valence-electron chi connectivity index (χ0n) is 19.8. The van der Waals surface area contributed by atoms with E-state index in [4.69, 9.17) is 4.74 Å². The Morgan fingerprint density at radius 3 is 2.44 bits per heavy atom. The largest absolute Gasteiger partial charge is 0.497 e. The van der Waals surface area contributed by atoms with Gasteiger partial charge in [-0.05, 0) is 34.7 Å². The Kier molecular flexibility index (Phi) is 5.78. The highest BCUT2D eigenvalue weighted by Gasteiger charge is 2.59. The monoisotopic (exact) mass is 452 g/mol. The number of rotatable bonds is 4. The number of methoxy groups -OCH3 is 1. The maximum absolute atomic E-state index is 14.0. The Morgan fingerprint density at radius 2 is 1.84 bits per heavy atom. The van der Waals surface area contributed by atoms with Gasteiger partial charge >= 0.3 is 0 Å². The van der Waals surface area contributed by atoms with E-state index in [0.717, 1.165) is 22.6 Å². The highest BCUT2D eigenvalue weighted by Crippen LogP contribution is 2.55. The molecule has 2 aliphatic heterocycles. The summed E-state index contributed by atoms with van der Waals surface area (Å²) in [7, 11) is 1.62. The Bertz CT molecular complexity index is 1040. The van der Waals surface area contributed by atoms with Crippen LogP contribution in [0.25, 0.3) is 0 Å². The Hall–Kier alpha value is -2.47. The minimum Gasteiger partial charge on any atom is -0.497 e. The van der Waals surface area contributed by atoms with E-state index >= 15 is 0 Å². The molecule has 1 saturated heterocycles. The van der Waals surface area contributed by atoms with Crippen LogP contribution in [0, 0.1) is 5.92 Å². The number of benzene rings is 2. The maximum atomic E-state index is 14.0. The molecule has 2 aliphatic rings. The van der Waals surface area contributed by atoms with Gasteiger partial charge in [-0.25, -0.2) is 0 Å². The van der Waals surface area contributed by atoms with Crippen molar-refractivity contribution in [3.63, 3.8) is 0 Å². The normalized spacial score (nSPS) is 20.4. The molecular weight excluding hydrogens is 420 g/mol. The van der Waals surface area contributed by atoms with E-state index in [-0.39, 0.29) is 23.1 Å². The van der Waals surface area contributed by atoms with Gasteiger partial charge in [0.2, 0.25) is 5.91 Å². The summed E-state index contributed by atoms with van der Waals surface area (Å²) in [6.45, 7) is 11.4. The summed E-state index contributed by atoms with van der Waals surface area (Å²) in [5.41, 5.74) is 4.11. The molecule has 32 heavy (non-hydrogen) atoms. The molecule has 6 heteroatoms. The van der Waals surface area contributed by atoms with Gasteiger partial charge in [0.1, 0.15) is 5.75 Å². The van der Waals surface area contributed by atoms with Crippen molar-refractivity contribution in [3.8, 4) is 5.75 Å². The van der Waals surface area contributed by atoms with Gasteiger partial charge in [0.15, 0.2) is 4.87 Å². The summed E-state index contributed by atoms with van der Waals surface area (Å²) in [5, 5.41) is 0. The summed E-state index contributed by atoms with van der Waals surface area (Å²) in [6.07, 6.45) is 0. The first-order valence-corrected chi connectivity index (χ1v) is 12.1. The maximum Gasteiger partial charge on any atom is 0.268 e. The minimum absolute atomic E-state index is 0.00787. The molecule has 2 aromatic carbocycles. The lowest BCUT2D eigenvalue weighted by atomic mass is 9.87. The van der Waals surface area contributed by atoms with Gasteiger partial charge in [0, 0.05) is 23.8 Å². The Labute approximate surface area is 195 Å². The SMILES string of the molecule is COc1ccc2c(c1)[C@@]1(SCCN1C(=O)C(C)C)C(=O)N2Cc1ccc(C(C)(C)C)cc1. The second kappa shape index (κ2) is 8.14. The third-order valence-corrected chi connectivity index (χ3v) is 7.74. The molecule has 0 aromatic heterocycles. The molecule has 170 valence electrons. The average molecular weight is 453 g/mol. The number of anilines is 1. The number of ether oxygens (including phenoxy) is 1. The van der Waals surface area contributed by atoms with Crippen molar-refractivity contribution in [1.82, 2.24) is 4.90 Å². The topological polar surface area (TPSA) is 49.9 Å². The minimum atomic E-state index is -1.02. The molecule has 0 saturated carbocycles. The third-order valence-electron chi connectivity index (χ3n) is 6.32. The number of amides is 2. The number of carbonyl (C=O) groups excluding carboxylic acids is 2. The number of fused-ring (bicyclic) bond motifs is 2. The summed E-state index contributed by atoms with van der Waals surface area (Å²) < 4.78 is 5.48. The van der Waals surface area contributed by atoms with Crippen molar-refractivity contribution in [2.75, 3.05) is 24.3 Å². The smallest absolute Gasteiger partial charge is 0.268 e. The van der Waals surface area contributed by atoms with Gasteiger partial charge in [0.05, 0.1) is 19.3 Å². The van der Waals surface area contributed by atoms with Gasteiger partial charge in [-0.3, -0.25) is 9.59 Å². The molecule has 2 heterocycles. The predicted octanol–water partition coefficient (Wildman–Crippen LogP) is 4.92. The van der Waals surface area contributed by atoms with Gasteiger partial charge in [-0.15, -0.1) is 11.8 Å². The van der Waals surface area contributed by atoms with Crippen LogP contribution >= 0.6 is 11.8 Å². The molecule has 1 fully saturated rings. The summed E-state index contributed by atoms with van der Waals surface area (Å²) in [6, 6.07) is 14.2. The van der Waals surface area contributed by atoms with Crippen molar-refractivity contribution >= 4 is 29.3 Å². The first-order valence-electron chi connectivity index (χ1n) is 11.1. The Balaban J connectivity index is 1.76. The summed E-state index contributed by atoms with van der Waals surface area (Å²) in [4.78, 5) is 29.7. The lowest BCUT2D eigenvalue weighted by Gasteiger charge is -2.34. The third kappa shape index (κ3) is 3.58. The zero-order chi connectivity index (χ0) is 23.3. The molecule has 2 aromatic rings. The molecule has 0 aliphatic carbocycles. The van der Waals surface area contributed by atoms with Crippen molar-refractivity contribution in [1.29, 1.82) is 0 Å². The van der Waals surface area contributed by atoms with E-state index in [0.29, 0.717) is 18.8 Å². The van der Waals surface area contributed by atoms with Gasteiger partial charge in [0.25, 0.3) is 5.91 Å². The van der Waals surface area contributed by atoms with Crippen LogP contribution in [0.3, 0.4) is 0 Å². The van der Waals surface area contributed by atoms with Crippen LogP contribution < -0.4 is 9.64 Å². The second-order valence-corrected chi connectivity index (χ2v) is 11.1. The number of thioether (sulfide) groups is 1. The molecule has 4 rings (SSSR count). The van der Waals surface area contributed by atoms with E-state index in [1.807, 2.05) is 36.9 Å². The van der Waals surface area contributed by atoms with E-state index in [1.165, 1.54) is 5.56 Å². The van der Waals surface area contributed by atoms with Crippen LogP contribution in [0.15, 0.2) is 42.5 Å². The molecule has 1 atom stereocenters. The first kappa shape index (κ1) is 22.7. The average Bonchev–Trinajstić information content (AvgIpc) is 3.29. The summed E-state index contributed by atoms with van der Waals surface area (Å²) in [5.74, 6) is 1.21. The first-order chi connectivity index (χ1) is 15.1. The van der Waals surface area contributed by atoms with Crippen molar-refractivity contribution in [2.24, 2.45) is 5.92 Å². The molecule has 0 bridgehead atoms. The molecule has 0 radical (unpaired) electrons. The zero-order valence-corrected chi connectivity index (χ0v) is 20.6. The Morgan fingerprint density at radius 1 is 1.16 bits per heavy atom. The molecule has 0 N–H and O–H groups in total. The number of carbonyl (C=O) groups is 2. The molecule has 5 nitrogen and oxygen atoms in total. The number of nitrogens with zero attached hydrogens (tertiary/aromatic N) is 2. The quantitative estimate of drug-likeness (QED) is 0.660. The van der Waals surface area contributed by atoms with Gasteiger partial charge in [-0.2, -0.15) is 0 Å². The van der Waals surface area contributed by atoms with Crippen LogP contribution in [-0.4, -0.2) is 36.1 Å². The van der Waals surface area contributed by atoms with Crippen molar-refractivity contribution < 1.29 is 14.3 Å². The van der Waals surface area contributed by atoms with Crippen LogP contribution in [0.5, 0.6) is 5.75 Å². The second-order valence-electron chi connectivity index (χ2n) is 9.86. The molecule has 2 amide bonds. The fraction of sp³-hybridized carbons (Fsp3) is 0.462. The van der Waals surface area contributed by atoms with Crippen LogP contribution in [0.1, 0.15) is 51.3 Å².